The second-order valence-corrected chi connectivity index (χ2v) is 12.7. The number of esters is 2. The molecule has 45 heavy (non-hydrogen) atoms. The van der Waals surface area contributed by atoms with Crippen LogP contribution in [0.2, 0.25) is 0 Å². The molecule has 2 radical (unpaired) electrons. The zero-order chi connectivity index (χ0) is 31.2. The van der Waals surface area contributed by atoms with Crippen LogP contribution in [0.5, 0.6) is 0 Å². The molecule has 0 aromatic rings. The number of hydrogen-bond acceptors (Lipinski definition) is 6. The fourth-order valence-electron chi connectivity index (χ4n) is 5.03. The van der Waals surface area contributed by atoms with Crippen molar-refractivity contribution in [3.05, 3.63) is 0 Å². The van der Waals surface area contributed by atoms with E-state index in [0.29, 0.717) is 37.6 Å². The van der Waals surface area contributed by atoms with Crippen molar-refractivity contribution in [2.24, 2.45) is 0 Å². The van der Waals surface area contributed by atoms with E-state index in [1.807, 2.05) is 0 Å². The summed E-state index contributed by atoms with van der Waals surface area (Å²) in [5, 5.41) is 0. The van der Waals surface area contributed by atoms with Crippen LogP contribution in [0.4, 0.5) is 0 Å². The average Bonchev–Trinajstić information content (AvgIpc) is 3.00. The summed E-state index contributed by atoms with van der Waals surface area (Å²) in [6, 6.07) is 0. The Morgan fingerprint density at radius 3 is 0.800 bits per heavy atom. The van der Waals surface area contributed by atoms with E-state index in [1.165, 1.54) is 141 Å². The molecule has 0 saturated heterocycles. The third-order valence-corrected chi connectivity index (χ3v) is 8.00. The summed E-state index contributed by atoms with van der Waals surface area (Å²) in [5.74, 6) is 0.847. The molecule has 0 fully saturated rings. The largest absolute Gasteiger partial charge is 2.00 e. The van der Waals surface area contributed by atoms with Crippen molar-refractivity contribution in [2.45, 2.75) is 208 Å². The second kappa shape index (κ2) is 51.3. The molecule has 0 heterocycles. The van der Waals surface area contributed by atoms with Crippen LogP contribution in [0, 0.1) is 0 Å². The second-order valence-electron chi connectivity index (χ2n) is 11.8. The minimum Gasteiger partial charge on any atom is -0.789 e. The molecule has 0 aliphatic rings. The van der Waals surface area contributed by atoms with Crippen LogP contribution in [0.3, 0.4) is 0 Å². The molecular formula is C38H78O4S2Sn. The van der Waals surface area contributed by atoms with Crippen molar-refractivity contribution in [1.82, 2.24) is 0 Å². The Balaban J connectivity index is -0.000000222. The summed E-state index contributed by atoms with van der Waals surface area (Å²) in [6.45, 7) is 5.33. The Morgan fingerprint density at radius 2 is 0.600 bits per heavy atom. The predicted octanol–water partition coefficient (Wildman–Crippen LogP) is 12.0. The fourth-order valence-corrected chi connectivity index (χ4v) is 5.20. The van der Waals surface area contributed by atoms with Crippen molar-refractivity contribution in [2.75, 3.05) is 24.7 Å². The Bertz CT molecular complexity index is 492. The van der Waals surface area contributed by atoms with Crippen LogP contribution in [0.25, 0.3) is 0 Å². The smallest absolute Gasteiger partial charge is 0.789 e. The molecule has 0 aromatic heterocycles. The van der Waals surface area contributed by atoms with Crippen LogP contribution in [-0.4, -0.2) is 60.6 Å². The zero-order valence-corrected chi connectivity index (χ0v) is 33.1. The van der Waals surface area contributed by atoms with Gasteiger partial charge in [-0.2, -0.15) is 0 Å². The molecule has 0 bridgehead atoms. The maximum absolute atomic E-state index is 11.2. The molecule has 0 aliphatic carbocycles. The van der Waals surface area contributed by atoms with Gasteiger partial charge in [-0.05, 0) is 12.8 Å². The fraction of sp³-hybridized carbons (Fsp3) is 0.947. The van der Waals surface area contributed by atoms with Crippen LogP contribution < -0.4 is 0 Å². The molecule has 0 saturated carbocycles. The quantitative estimate of drug-likeness (QED) is 0.0293. The first-order valence-corrected chi connectivity index (χ1v) is 19.2. The molecule has 0 amide bonds. The number of carbonyl (C=O) groups excluding carboxylic acids is 2. The van der Waals surface area contributed by atoms with Crippen molar-refractivity contribution in [1.29, 1.82) is 0 Å². The Morgan fingerprint density at radius 1 is 0.400 bits per heavy atom. The summed E-state index contributed by atoms with van der Waals surface area (Å²) in [7, 11) is 0. The molecule has 4 nitrogen and oxygen atoms in total. The van der Waals surface area contributed by atoms with E-state index in [0.717, 1.165) is 25.7 Å². The van der Waals surface area contributed by atoms with E-state index in [1.54, 1.807) is 0 Å². The summed E-state index contributed by atoms with van der Waals surface area (Å²) in [4.78, 5) is 22.5. The molecule has 0 atom stereocenters. The van der Waals surface area contributed by atoms with Gasteiger partial charge in [-0.1, -0.05) is 183 Å². The van der Waals surface area contributed by atoms with Gasteiger partial charge in [-0.25, -0.2) is 0 Å². The van der Waals surface area contributed by atoms with Gasteiger partial charge in [-0.3, -0.25) is 9.59 Å². The standard InChI is InChI=1S/2C18H36O2S.2CH4.Sn/c2*1-2-3-4-5-6-7-8-9-10-11-12-13-14-15-18(19)20-16-17-21;;;/h2*21H,2-17H2,1H3;2*1H4;/q;;;;+2/p-2. The minimum absolute atomic E-state index is 0. The average molecular weight is 782 g/mol. The Hall–Kier alpha value is 0.439. The number of rotatable bonds is 32. The number of carbonyl (C=O) groups is 2. The molecule has 0 spiro atoms. The topological polar surface area (TPSA) is 52.6 Å². The Labute approximate surface area is 311 Å². The van der Waals surface area contributed by atoms with Gasteiger partial charge in [0.2, 0.25) is 0 Å². The minimum atomic E-state index is -0.0806. The van der Waals surface area contributed by atoms with Gasteiger partial charge in [0.05, 0.1) is 13.2 Å². The van der Waals surface area contributed by atoms with E-state index in [-0.39, 0.29) is 50.7 Å². The third-order valence-electron chi connectivity index (χ3n) is 7.66. The summed E-state index contributed by atoms with van der Waals surface area (Å²) < 4.78 is 9.91. The normalized spacial score (nSPS) is 10.0. The van der Waals surface area contributed by atoms with Crippen LogP contribution in [0.15, 0.2) is 0 Å². The molecule has 0 unspecified atom stereocenters. The summed E-state index contributed by atoms with van der Waals surface area (Å²) in [5.41, 5.74) is 0. The van der Waals surface area contributed by atoms with E-state index in [4.69, 9.17) is 34.7 Å². The zero-order valence-electron chi connectivity index (χ0n) is 28.6. The molecule has 0 N–H and O–H groups in total. The van der Waals surface area contributed by atoms with Gasteiger partial charge < -0.3 is 34.7 Å². The van der Waals surface area contributed by atoms with E-state index in [9.17, 15) is 9.59 Å². The molecule has 0 aromatic carbocycles. The van der Waals surface area contributed by atoms with Crippen molar-refractivity contribution in [3.8, 4) is 0 Å². The molecule has 0 aliphatic heterocycles. The summed E-state index contributed by atoms with van der Waals surface area (Å²) >= 11 is 9.47. The molecule has 0 rings (SSSR count). The van der Waals surface area contributed by atoms with Crippen molar-refractivity contribution in [3.63, 3.8) is 0 Å². The van der Waals surface area contributed by atoms with E-state index in [2.05, 4.69) is 13.8 Å². The van der Waals surface area contributed by atoms with E-state index >= 15 is 0 Å². The van der Waals surface area contributed by atoms with Crippen molar-refractivity contribution >= 4 is 61.1 Å². The number of hydrogen-bond donors (Lipinski definition) is 0. The first-order valence-electron chi connectivity index (χ1n) is 18.1. The summed E-state index contributed by atoms with van der Waals surface area (Å²) in [6.07, 6.45) is 35.6. The van der Waals surface area contributed by atoms with Gasteiger partial charge in [0.25, 0.3) is 0 Å². The van der Waals surface area contributed by atoms with Crippen molar-refractivity contribution < 1.29 is 19.1 Å². The third kappa shape index (κ3) is 54.2. The number of unbranched alkanes of at least 4 members (excludes halogenated alkanes) is 24. The Kier molecular flexibility index (Phi) is 62.5. The maximum atomic E-state index is 11.2. The SMILES string of the molecule is C.C.CCCCCCCCCCCCCCCC(=O)OCC[S-].CCCCCCCCCCCCCCCC(=O)OCC[S-].[Sn+2]. The molecule has 7 heteroatoms. The van der Waals surface area contributed by atoms with Crippen LogP contribution in [-0.2, 0) is 44.3 Å². The van der Waals surface area contributed by atoms with Gasteiger partial charge >= 0.3 is 35.8 Å². The van der Waals surface area contributed by atoms with Gasteiger partial charge in [-0.15, -0.1) is 11.5 Å². The van der Waals surface area contributed by atoms with Gasteiger partial charge in [0, 0.05) is 12.8 Å². The van der Waals surface area contributed by atoms with Gasteiger partial charge in [0.15, 0.2) is 0 Å². The predicted molar refractivity (Wildman–Crippen MR) is 206 cm³/mol. The van der Waals surface area contributed by atoms with Gasteiger partial charge in [0.1, 0.15) is 0 Å². The maximum Gasteiger partial charge on any atom is 2.00 e. The van der Waals surface area contributed by atoms with E-state index < -0.39 is 0 Å². The molecule has 270 valence electrons. The first-order chi connectivity index (χ1) is 20.6. The van der Waals surface area contributed by atoms with Crippen LogP contribution in [0.1, 0.15) is 208 Å². The number of ether oxygens (including phenoxy) is 2. The molecular weight excluding hydrogens is 703 g/mol. The monoisotopic (exact) mass is 782 g/mol. The van der Waals surface area contributed by atoms with Crippen LogP contribution >= 0.6 is 0 Å². The first kappa shape index (κ1) is 54.9.